The van der Waals surface area contributed by atoms with E-state index in [1.165, 1.54) is 36.4 Å². The molecule has 164 valence electrons. The number of hydrogen-bond acceptors (Lipinski definition) is 8. The molecule has 0 aliphatic heterocycles. The van der Waals surface area contributed by atoms with E-state index in [4.69, 9.17) is 0 Å². The summed E-state index contributed by atoms with van der Waals surface area (Å²) >= 11 is 0. The lowest BCUT2D eigenvalue weighted by atomic mass is 10.1. The van der Waals surface area contributed by atoms with E-state index in [2.05, 4.69) is 21.1 Å². The zero-order valence-electron chi connectivity index (χ0n) is 17.4. The first-order chi connectivity index (χ1) is 15.2. The average Bonchev–Trinajstić information content (AvgIpc) is 2.79. The molecule has 3 rings (SSSR count). The fraction of sp³-hybridized carbons (Fsp3) is 0.0870. The predicted octanol–water partition coefficient (Wildman–Crippen LogP) is 3.50. The first-order valence-corrected chi connectivity index (χ1v) is 9.54. The van der Waals surface area contributed by atoms with Crippen molar-refractivity contribution in [2.75, 3.05) is 5.43 Å². The fourth-order valence-electron chi connectivity index (χ4n) is 2.83. The van der Waals surface area contributed by atoms with Crippen LogP contribution in [-0.2, 0) is 0 Å². The van der Waals surface area contributed by atoms with Crippen LogP contribution in [0.2, 0.25) is 0 Å². The highest BCUT2D eigenvalue weighted by Gasteiger charge is 2.10. The maximum absolute atomic E-state index is 12.5. The van der Waals surface area contributed by atoms with Crippen molar-refractivity contribution in [2.45, 2.75) is 13.8 Å². The summed E-state index contributed by atoms with van der Waals surface area (Å²) in [6.07, 6.45) is 0. The van der Waals surface area contributed by atoms with Crippen molar-refractivity contribution in [1.29, 1.82) is 0 Å². The topological polar surface area (TPSA) is 147 Å². The molecule has 0 aliphatic rings. The van der Waals surface area contributed by atoms with Crippen molar-refractivity contribution in [1.82, 2.24) is 5.43 Å². The predicted molar refractivity (Wildman–Crippen MR) is 121 cm³/mol. The number of amides is 1. The second kappa shape index (κ2) is 9.52. The Morgan fingerprint density at radius 2 is 1.31 bits per heavy atom. The molecule has 0 bridgehead atoms. The maximum Gasteiger partial charge on any atom is 0.271 e. The van der Waals surface area contributed by atoms with Crippen LogP contribution < -0.4 is 10.9 Å². The van der Waals surface area contributed by atoms with Gasteiger partial charge in [-0.3, -0.25) is 10.2 Å². The van der Waals surface area contributed by atoms with Crippen molar-refractivity contribution < 1.29 is 25.2 Å². The van der Waals surface area contributed by atoms with Crippen LogP contribution in [0.5, 0.6) is 23.0 Å². The number of nitrogens with one attached hydrogen (secondary N) is 2. The van der Waals surface area contributed by atoms with Gasteiger partial charge in [0.1, 0.15) is 23.0 Å². The summed E-state index contributed by atoms with van der Waals surface area (Å²) in [7, 11) is 0. The molecule has 0 radical (unpaired) electrons. The summed E-state index contributed by atoms with van der Waals surface area (Å²) in [5, 5.41) is 47.1. The van der Waals surface area contributed by atoms with Crippen molar-refractivity contribution in [2.24, 2.45) is 10.2 Å². The van der Waals surface area contributed by atoms with Gasteiger partial charge in [0.2, 0.25) is 0 Å². The molecular weight excluding hydrogens is 412 g/mol. The molecule has 0 saturated carbocycles. The van der Waals surface area contributed by atoms with Gasteiger partial charge in [-0.1, -0.05) is 6.07 Å². The van der Waals surface area contributed by atoms with Gasteiger partial charge in [0.15, 0.2) is 0 Å². The van der Waals surface area contributed by atoms with Crippen LogP contribution in [0.1, 0.15) is 35.3 Å². The van der Waals surface area contributed by atoms with Crippen molar-refractivity contribution in [3.05, 3.63) is 77.4 Å². The Morgan fingerprint density at radius 3 is 1.91 bits per heavy atom. The molecule has 3 aromatic rings. The number of hydrazone groups is 2. The highest BCUT2D eigenvalue weighted by atomic mass is 16.3. The molecule has 9 heteroatoms. The van der Waals surface area contributed by atoms with Gasteiger partial charge in [-0.25, -0.2) is 5.43 Å². The lowest BCUT2D eigenvalue weighted by Crippen LogP contribution is -2.19. The van der Waals surface area contributed by atoms with Gasteiger partial charge < -0.3 is 20.4 Å². The molecule has 0 atom stereocenters. The Kier molecular flexibility index (Phi) is 6.59. The number of carbonyl (C=O) groups is 1. The van der Waals surface area contributed by atoms with Crippen molar-refractivity contribution in [3.63, 3.8) is 0 Å². The molecule has 0 heterocycles. The molecule has 32 heavy (non-hydrogen) atoms. The van der Waals surface area contributed by atoms with E-state index in [-0.39, 0.29) is 23.0 Å². The molecule has 0 fully saturated rings. The zero-order valence-corrected chi connectivity index (χ0v) is 17.4. The van der Waals surface area contributed by atoms with Crippen LogP contribution in [0.15, 0.2) is 70.9 Å². The molecule has 9 nitrogen and oxygen atoms in total. The molecular formula is C23H22N4O5. The number of rotatable bonds is 6. The number of aromatic hydroxyl groups is 4. The highest BCUT2D eigenvalue weighted by Crippen LogP contribution is 2.24. The lowest BCUT2D eigenvalue weighted by Gasteiger charge is -2.08. The summed E-state index contributed by atoms with van der Waals surface area (Å²) in [6, 6.07) is 14.7. The quantitative estimate of drug-likeness (QED) is 0.199. The van der Waals surface area contributed by atoms with Crippen LogP contribution in [-0.4, -0.2) is 37.8 Å². The third-order valence-electron chi connectivity index (χ3n) is 4.54. The minimum absolute atomic E-state index is 0.000834. The lowest BCUT2D eigenvalue weighted by molar-refractivity contribution is 0.0955. The molecule has 0 spiro atoms. The zero-order chi connectivity index (χ0) is 23.3. The minimum Gasteiger partial charge on any atom is -0.508 e. The number of anilines is 1. The Hall–Kier alpha value is -4.53. The number of benzene rings is 3. The number of carbonyl (C=O) groups excluding carboxylic acids is 1. The van der Waals surface area contributed by atoms with Gasteiger partial charge in [0.05, 0.1) is 17.1 Å². The Balaban J connectivity index is 1.72. The van der Waals surface area contributed by atoms with Crippen LogP contribution in [0, 0.1) is 0 Å². The van der Waals surface area contributed by atoms with Gasteiger partial charge in [0.25, 0.3) is 5.91 Å². The molecule has 0 aromatic heterocycles. The van der Waals surface area contributed by atoms with E-state index < -0.39 is 5.91 Å². The van der Waals surface area contributed by atoms with Crippen LogP contribution in [0.25, 0.3) is 0 Å². The average molecular weight is 434 g/mol. The molecule has 3 aromatic carbocycles. The largest absolute Gasteiger partial charge is 0.508 e. The minimum atomic E-state index is -0.487. The first-order valence-electron chi connectivity index (χ1n) is 9.54. The van der Waals surface area contributed by atoms with E-state index in [9.17, 15) is 25.2 Å². The Bertz CT molecular complexity index is 1220. The number of phenols is 4. The maximum atomic E-state index is 12.5. The fourth-order valence-corrected chi connectivity index (χ4v) is 2.83. The summed E-state index contributed by atoms with van der Waals surface area (Å²) in [6.45, 7) is 3.24. The summed E-state index contributed by atoms with van der Waals surface area (Å²) in [4.78, 5) is 12.5. The van der Waals surface area contributed by atoms with Gasteiger partial charge in [-0.05, 0) is 68.4 Å². The summed E-state index contributed by atoms with van der Waals surface area (Å²) in [5.74, 6) is -0.618. The molecule has 6 N–H and O–H groups in total. The van der Waals surface area contributed by atoms with Gasteiger partial charge in [-0.15, -0.1) is 0 Å². The first kappa shape index (κ1) is 22.2. The smallest absolute Gasteiger partial charge is 0.271 e. The van der Waals surface area contributed by atoms with E-state index in [0.717, 1.165) is 0 Å². The van der Waals surface area contributed by atoms with E-state index in [1.807, 2.05) is 0 Å². The van der Waals surface area contributed by atoms with Crippen molar-refractivity contribution >= 4 is 23.0 Å². The van der Waals surface area contributed by atoms with Crippen LogP contribution in [0.3, 0.4) is 0 Å². The molecule has 0 aliphatic carbocycles. The van der Waals surface area contributed by atoms with E-state index in [0.29, 0.717) is 33.8 Å². The Labute approximate surface area is 184 Å². The summed E-state index contributed by atoms with van der Waals surface area (Å²) in [5.41, 5.74) is 7.44. The van der Waals surface area contributed by atoms with Crippen LogP contribution >= 0.6 is 0 Å². The number of phenolic OH excluding ortho intramolecular Hbond substituents is 4. The van der Waals surface area contributed by atoms with E-state index in [1.54, 1.807) is 38.1 Å². The number of nitrogens with zero attached hydrogens (tertiary/aromatic N) is 2. The molecule has 0 unspecified atom stereocenters. The highest BCUT2D eigenvalue weighted by molar-refractivity contribution is 6.03. The standard InChI is InChI=1S/C23H22N4O5/c1-13(19-11-17(28)6-8-21(19)30)24-26-16-5-3-4-15(10-16)23(32)27-25-14(2)20-12-18(29)7-9-22(20)31/h3-12,26,28-31H,1-2H3,(H,27,32). The molecule has 0 saturated heterocycles. The molecule has 1 amide bonds. The third-order valence-corrected chi connectivity index (χ3v) is 4.54. The second-order valence-corrected chi connectivity index (χ2v) is 6.93. The van der Waals surface area contributed by atoms with Gasteiger partial charge in [0, 0.05) is 16.7 Å². The Morgan fingerprint density at radius 1 is 0.750 bits per heavy atom. The van der Waals surface area contributed by atoms with Crippen LogP contribution in [0.4, 0.5) is 5.69 Å². The SMILES string of the molecule is CC(=NNC(=O)c1cccc(NN=C(C)c2cc(O)ccc2O)c1)c1cc(O)ccc1O. The summed E-state index contributed by atoms with van der Waals surface area (Å²) < 4.78 is 0. The van der Waals surface area contributed by atoms with Crippen molar-refractivity contribution in [3.8, 4) is 23.0 Å². The van der Waals surface area contributed by atoms with Gasteiger partial charge >= 0.3 is 0 Å². The normalized spacial score (nSPS) is 11.8. The number of hydrogen-bond donors (Lipinski definition) is 6. The second-order valence-electron chi connectivity index (χ2n) is 6.93. The third kappa shape index (κ3) is 5.33. The van der Waals surface area contributed by atoms with Gasteiger partial charge in [-0.2, -0.15) is 10.2 Å². The monoisotopic (exact) mass is 434 g/mol. The van der Waals surface area contributed by atoms with E-state index >= 15 is 0 Å².